The van der Waals surface area contributed by atoms with Gasteiger partial charge in [0.15, 0.2) is 22.9 Å². The zero-order chi connectivity index (χ0) is 17.6. The number of hydrogen-bond donors (Lipinski definition) is 4. The monoisotopic (exact) mass is 377 g/mol. The van der Waals surface area contributed by atoms with E-state index in [1.54, 1.807) is 0 Å². The zero-order valence-corrected chi connectivity index (χ0v) is 14.0. The molecule has 0 saturated carbocycles. The Hall–Kier alpha value is -1.64. The van der Waals surface area contributed by atoms with E-state index in [2.05, 4.69) is 15.0 Å². The number of anilines is 1. The zero-order valence-electron chi connectivity index (χ0n) is 12.4. The van der Waals surface area contributed by atoms with E-state index >= 15 is 0 Å². The Morgan fingerprint density at radius 2 is 2.29 bits per heavy atom. The van der Waals surface area contributed by atoms with Crippen LogP contribution in [0.3, 0.4) is 0 Å². The normalized spacial score (nSPS) is 27.8. The number of aromatic nitrogens is 4. The van der Waals surface area contributed by atoms with Gasteiger partial charge in [0.25, 0.3) is 10.1 Å². The summed E-state index contributed by atoms with van der Waals surface area (Å²) in [7, 11) is -3.89. The van der Waals surface area contributed by atoms with Gasteiger partial charge in [-0.25, -0.2) is 9.97 Å². The highest BCUT2D eigenvalue weighted by molar-refractivity contribution is 7.86. The first-order chi connectivity index (χ1) is 11.2. The van der Waals surface area contributed by atoms with Gasteiger partial charge in [-0.3, -0.25) is 8.75 Å². The minimum absolute atomic E-state index is 0.0343. The van der Waals surface area contributed by atoms with Crippen LogP contribution in [0.2, 0.25) is 0 Å². The maximum absolute atomic E-state index is 11.5. The minimum Gasteiger partial charge on any atom is -0.394 e. The standard InChI is InChI=1S/C11H15N5O6S2/c1-24(19,20)22-7-6(18)4(2-17)21-10(7)16-3-13-5-8(16)14-11(12)15-9(5)23/h3-4,6-7,10,17-18H,2H2,1H3,(H3,12,14,15,23)/t4-,6-,7-,10-/m0/s1. The highest BCUT2D eigenvalue weighted by Crippen LogP contribution is 2.34. The van der Waals surface area contributed by atoms with E-state index in [9.17, 15) is 18.6 Å². The molecule has 0 amide bonds. The number of rotatable bonds is 4. The maximum atomic E-state index is 11.5. The van der Waals surface area contributed by atoms with E-state index in [4.69, 9.17) is 26.9 Å². The lowest BCUT2D eigenvalue weighted by Gasteiger charge is -2.20. The molecule has 0 aromatic carbocycles. The molecule has 3 rings (SSSR count). The van der Waals surface area contributed by atoms with Crippen LogP contribution in [0.4, 0.5) is 5.95 Å². The molecule has 11 nitrogen and oxygen atoms in total. The number of ether oxygens (including phenoxy) is 1. The molecule has 0 aliphatic carbocycles. The molecule has 2 aromatic rings. The molecule has 0 unspecified atom stereocenters. The summed E-state index contributed by atoms with van der Waals surface area (Å²) in [5.41, 5.74) is 6.28. The summed E-state index contributed by atoms with van der Waals surface area (Å²) in [4.78, 5) is 10.7. The molecular formula is C11H15N5O6S2. The third-order valence-electron chi connectivity index (χ3n) is 3.52. The molecule has 13 heteroatoms. The number of H-pyrrole nitrogens is 1. The molecule has 5 N–H and O–H groups in total. The summed E-state index contributed by atoms with van der Waals surface area (Å²) >= 11 is 5.07. The number of aromatic amines is 1. The van der Waals surface area contributed by atoms with Gasteiger partial charge in [-0.1, -0.05) is 12.2 Å². The number of aliphatic hydroxyl groups excluding tert-OH is 2. The lowest BCUT2D eigenvalue weighted by atomic mass is 10.1. The van der Waals surface area contributed by atoms with Crippen molar-refractivity contribution in [3.05, 3.63) is 11.0 Å². The van der Waals surface area contributed by atoms with Gasteiger partial charge in [0, 0.05) is 0 Å². The Kier molecular flexibility index (Phi) is 4.31. The van der Waals surface area contributed by atoms with E-state index in [0.29, 0.717) is 11.2 Å². The summed E-state index contributed by atoms with van der Waals surface area (Å²) in [6.45, 7) is -0.520. The second-order valence-corrected chi connectivity index (χ2v) is 7.27. The second kappa shape index (κ2) is 6.02. The van der Waals surface area contributed by atoms with Crippen LogP contribution in [0.15, 0.2) is 6.33 Å². The van der Waals surface area contributed by atoms with E-state index in [1.807, 2.05) is 0 Å². The van der Waals surface area contributed by atoms with Gasteiger partial charge in [0.2, 0.25) is 0 Å². The number of nitrogen functional groups attached to an aromatic ring is 1. The van der Waals surface area contributed by atoms with Crippen LogP contribution in [-0.2, 0) is 19.0 Å². The summed E-state index contributed by atoms with van der Waals surface area (Å²) in [5.74, 6) is 0.0343. The first kappa shape index (κ1) is 17.2. The molecule has 2 aromatic heterocycles. The number of hydrogen-bond acceptors (Lipinski definition) is 10. The average molecular weight is 377 g/mol. The number of aliphatic hydroxyl groups is 2. The maximum Gasteiger partial charge on any atom is 0.264 e. The molecule has 1 saturated heterocycles. The first-order valence-corrected chi connectivity index (χ1v) is 8.98. The average Bonchev–Trinajstić information content (AvgIpc) is 3.00. The molecule has 1 aliphatic rings. The van der Waals surface area contributed by atoms with Crippen LogP contribution in [-0.4, -0.2) is 69.3 Å². The van der Waals surface area contributed by atoms with E-state index in [1.165, 1.54) is 10.9 Å². The van der Waals surface area contributed by atoms with Crippen LogP contribution in [0.5, 0.6) is 0 Å². The van der Waals surface area contributed by atoms with Gasteiger partial charge in [-0.15, -0.1) is 0 Å². The molecule has 132 valence electrons. The van der Waals surface area contributed by atoms with Crippen molar-refractivity contribution in [3.8, 4) is 0 Å². The van der Waals surface area contributed by atoms with Crippen LogP contribution >= 0.6 is 12.2 Å². The predicted molar refractivity (Wildman–Crippen MR) is 83.8 cm³/mol. The predicted octanol–water partition coefficient (Wildman–Crippen LogP) is -1.33. The van der Waals surface area contributed by atoms with Crippen LogP contribution in [0.1, 0.15) is 6.23 Å². The molecule has 0 radical (unpaired) electrons. The quantitative estimate of drug-likeness (QED) is 0.370. The fourth-order valence-corrected chi connectivity index (χ4v) is 3.40. The van der Waals surface area contributed by atoms with Gasteiger partial charge in [-0.05, 0) is 0 Å². The number of nitrogens with one attached hydrogen (secondary N) is 1. The fourth-order valence-electron chi connectivity index (χ4n) is 2.54. The van der Waals surface area contributed by atoms with Crippen molar-refractivity contribution in [3.63, 3.8) is 0 Å². The molecule has 1 fully saturated rings. The Labute approximate surface area is 141 Å². The molecule has 4 atom stereocenters. The Bertz CT molecular complexity index is 925. The lowest BCUT2D eigenvalue weighted by molar-refractivity contribution is -0.0483. The minimum atomic E-state index is -3.89. The summed E-state index contributed by atoms with van der Waals surface area (Å²) in [5, 5.41) is 19.5. The largest absolute Gasteiger partial charge is 0.394 e. The summed E-state index contributed by atoms with van der Waals surface area (Å²) in [6, 6.07) is 0. The Morgan fingerprint density at radius 3 is 2.92 bits per heavy atom. The van der Waals surface area contributed by atoms with E-state index < -0.39 is 41.3 Å². The molecule has 3 heterocycles. The number of nitrogens with zero attached hydrogens (tertiary/aromatic N) is 3. The Balaban J connectivity index is 2.10. The molecule has 1 aliphatic heterocycles. The third-order valence-corrected chi connectivity index (χ3v) is 4.37. The second-order valence-electron chi connectivity index (χ2n) is 5.28. The summed E-state index contributed by atoms with van der Waals surface area (Å²) in [6.07, 6.45) is -2.58. The fraction of sp³-hybridized carbons (Fsp3) is 0.545. The van der Waals surface area contributed by atoms with Gasteiger partial charge in [0.05, 0.1) is 19.2 Å². The van der Waals surface area contributed by atoms with Crippen LogP contribution < -0.4 is 5.73 Å². The first-order valence-electron chi connectivity index (χ1n) is 6.76. The van der Waals surface area contributed by atoms with Crippen molar-refractivity contribution >= 4 is 39.4 Å². The van der Waals surface area contributed by atoms with E-state index in [0.717, 1.165) is 6.26 Å². The van der Waals surface area contributed by atoms with Crippen LogP contribution in [0.25, 0.3) is 11.2 Å². The van der Waals surface area contributed by atoms with Crippen molar-refractivity contribution in [2.45, 2.75) is 24.5 Å². The van der Waals surface area contributed by atoms with Gasteiger partial charge in [0.1, 0.15) is 23.4 Å². The summed E-state index contributed by atoms with van der Waals surface area (Å²) < 4.78 is 35.0. The SMILES string of the molecule is CS(=O)(=O)O[C@H]1[C@@H](O)[C@H](CO)O[C@@H]1n1cnc2c(=S)nc(N)[nH]c21. The van der Waals surface area contributed by atoms with Crippen molar-refractivity contribution < 1.29 is 27.6 Å². The molecule has 0 spiro atoms. The van der Waals surface area contributed by atoms with Crippen molar-refractivity contribution in [1.29, 1.82) is 0 Å². The molecule has 0 bridgehead atoms. The van der Waals surface area contributed by atoms with Crippen molar-refractivity contribution in [2.24, 2.45) is 0 Å². The number of imidazole rings is 1. The van der Waals surface area contributed by atoms with Crippen LogP contribution in [0, 0.1) is 4.64 Å². The Morgan fingerprint density at radius 1 is 1.58 bits per heavy atom. The van der Waals surface area contributed by atoms with Gasteiger partial charge >= 0.3 is 0 Å². The van der Waals surface area contributed by atoms with Crippen molar-refractivity contribution in [1.82, 2.24) is 19.5 Å². The number of fused-ring (bicyclic) bond motifs is 1. The van der Waals surface area contributed by atoms with E-state index in [-0.39, 0.29) is 10.6 Å². The van der Waals surface area contributed by atoms with Crippen molar-refractivity contribution in [2.75, 3.05) is 18.6 Å². The highest BCUT2D eigenvalue weighted by atomic mass is 32.2. The number of nitrogens with two attached hydrogens (primary N) is 1. The smallest absolute Gasteiger partial charge is 0.264 e. The lowest BCUT2D eigenvalue weighted by Crippen LogP contribution is -2.36. The highest BCUT2D eigenvalue weighted by Gasteiger charge is 2.47. The topological polar surface area (TPSA) is 166 Å². The van der Waals surface area contributed by atoms with Gasteiger partial charge in [-0.2, -0.15) is 8.42 Å². The molecule has 24 heavy (non-hydrogen) atoms. The third kappa shape index (κ3) is 3.01. The molecular weight excluding hydrogens is 362 g/mol. The van der Waals surface area contributed by atoms with Gasteiger partial charge < -0.3 is 25.7 Å².